The molecule has 0 bridgehead atoms. The first-order chi connectivity index (χ1) is 14.0. The second kappa shape index (κ2) is 8.71. The fourth-order valence-corrected chi connectivity index (χ4v) is 3.25. The summed E-state index contributed by atoms with van der Waals surface area (Å²) >= 11 is 0. The third-order valence-electron chi connectivity index (χ3n) is 4.26. The van der Waals surface area contributed by atoms with Crippen LogP contribution in [-0.4, -0.2) is 48.9 Å². The molecule has 4 N–H and O–H groups in total. The molecule has 0 saturated carbocycles. The predicted octanol–water partition coefficient (Wildman–Crippen LogP) is 1.81. The van der Waals surface area contributed by atoms with E-state index in [9.17, 15) is 26.7 Å². The lowest BCUT2D eigenvalue weighted by Gasteiger charge is -2.23. The number of anilines is 2. The number of hydrogen-bond acceptors (Lipinski definition) is 8. The molecule has 0 unspecified atom stereocenters. The van der Waals surface area contributed by atoms with Gasteiger partial charge in [-0.2, -0.15) is 18.2 Å². The smallest absolute Gasteiger partial charge is 0.423 e. The van der Waals surface area contributed by atoms with Crippen molar-refractivity contribution < 1.29 is 36.2 Å². The van der Waals surface area contributed by atoms with E-state index in [2.05, 4.69) is 15.3 Å². The van der Waals surface area contributed by atoms with E-state index < -0.39 is 39.9 Å². The highest BCUT2D eigenvalue weighted by Gasteiger charge is 2.38. The molecule has 164 valence electrons. The van der Waals surface area contributed by atoms with Gasteiger partial charge >= 0.3 is 6.18 Å². The Morgan fingerprint density at radius 1 is 1.27 bits per heavy atom. The topological polar surface area (TPSA) is 137 Å². The molecule has 1 aliphatic heterocycles. The third-order valence-corrected chi connectivity index (χ3v) is 5.19. The molecular formula is C17H19F3N4O5S. The van der Waals surface area contributed by atoms with Crippen LogP contribution in [0.25, 0.3) is 0 Å². The molecule has 0 radical (unpaired) electrons. The number of primary sulfonamides is 1. The number of halogens is 3. The van der Waals surface area contributed by atoms with Crippen LogP contribution in [0, 0.1) is 0 Å². The molecule has 0 amide bonds. The fraction of sp³-hybridized carbons (Fsp3) is 0.412. The number of aliphatic hydroxyl groups excluding tert-OH is 1. The second-order valence-electron chi connectivity index (χ2n) is 6.55. The van der Waals surface area contributed by atoms with Crippen LogP contribution < -0.4 is 15.2 Å². The second-order valence-corrected chi connectivity index (χ2v) is 8.11. The molecule has 0 spiro atoms. The van der Waals surface area contributed by atoms with Gasteiger partial charge in [-0.3, -0.25) is 0 Å². The number of hydrogen-bond donors (Lipinski definition) is 3. The van der Waals surface area contributed by atoms with Gasteiger partial charge in [0.1, 0.15) is 17.8 Å². The number of aromatic nitrogens is 2. The van der Waals surface area contributed by atoms with Gasteiger partial charge in [-0.1, -0.05) is 0 Å². The summed E-state index contributed by atoms with van der Waals surface area (Å²) < 4.78 is 73.2. The van der Waals surface area contributed by atoms with E-state index in [1.807, 2.05) is 0 Å². The number of sulfonamides is 1. The first-order valence-corrected chi connectivity index (χ1v) is 10.4. The lowest BCUT2D eigenvalue weighted by Crippen LogP contribution is -2.34. The molecular weight excluding hydrogens is 429 g/mol. The summed E-state index contributed by atoms with van der Waals surface area (Å²) in [6.45, 7) is 0.312. The Hall–Kier alpha value is -2.48. The number of aliphatic hydroxyl groups is 1. The van der Waals surface area contributed by atoms with E-state index in [0.29, 0.717) is 31.3 Å². The maximum absolute atomic E-state index is 13.4. The summed E-state index contributed by atoms with van der Waals surface area (Å²) in [4.78, 5) is 7.33. The first-order valence-electron chi connectivity index (χ1n) is 8.80. The van der Waals surface area contributed by atoms with E-state index in [0.717, 1.165) is 0 Å². The molecule has 2 atom stereocenters. The van der Waals surface area contributed by atoms with Crippen LogP contribution in [0.4, 0.5) is 24.8 Å². The summed E-state index contributed by atoms with van der Waals surface area (Å²) in [5, 5.41) is 17.7. The zero-order chi connectivity index (χ0) is 21.9. The number of nitrogens with zero attached hydrogens (tertiary/aromatic N) is 2. The van der Waals surface area contributed by atoms with Gasteiger partial charge in [-0.25, -0.2) is 18.5 Å². The van der Waals surface area contributed by atoms with Crippen molar-refractivity contribution >= 4 is 21.7 Å². The average Bonchev–Trinajstić information content (AvgIpc) is 2.85. The highest BCUT2D eigenvalue weighted by Crippen LogP contribution is 2.36. The minimum Gasteiger partial charge on any atom is -0.471 e. The Labute approximate surface area is 170 Å². The number of nitrogens with two attached hydrogens (primary N) is 1. The third kappa shape index (κ3) is 5.56. The van der Waals surface area contributed by atoms with E-state index in [4.69, 9.17) is 14.6 Å². The van der Waals surface area contributed by atoms with Crippen LogP contribution in [-0.2, 0) is 20.9 Å². The molecule has 13 heteroatoms. The molecule has 1 aromatic carbocycles. The van der Waals surface area contributed by atoms with Gasteiger partial charge in [0.15, 0.2) is 0 Å². The standard InChI is InChI=1S/C17H19F3N4O5S/c18-17(19,20)12-8-22-16(23-10-3-5-11(6-4-10)30(21,26)27)24-15(12)29-14-2-1-7-28-9-13(14)25/h3-6,8,13-14,25H,1-2,7,9H2,(H2,21,26,27)(H,22,23,24)/t13-,14+/m1/s1. The van der Waals surface area contributed by atoms with Gasteiger partial charge in [-0.05, 0) is 37.1 Å². The largest absolute Gasteiger partial charge is 0.471 e. The monoisotopic (exact) mass is 448 g/mol. The zero-order valence-corrected chi connectivity index (χ0v) is 16.3. The van der Waals surface area contributed by atoms with E-state index in [1.54, 1.807) is 0 Å². The van der Waals surface area contributed by atoms with Crippen molar-refractivity contribution in [3.63, 3.8) is 0 Å². The van der Waals surface area contributed by atoms with Crippen molar-refractivity contribution in [2.24, 2.45) is 5.14 Å². The minimum absolute atomic E-state index is 0.0569. The fourth-order valence-electron chi connectivity index (χ4n) is 2.74. The van der Waals surface area contributed by atoms with Gasteiger partial charge in [0.05, 0.1) is 11.5 Å². The molecule has 30 heavy (non-hydrogen) atoms. The molecule has 9 nitrogen and oxygen atoms in total. The van der Waals surface area contributed by atoms with Gasteiger partial charge in [0, 0.05) is 18.5 Å². The SMILES string of the molecule is NS(=O)(=O)c1ccc(Nc2ncc(C(F)(F)F)c(O[C@H]3CCCOC[C@H]3O)n2)cc1. The van der Waals surface area contributed by atoms with Crippen molar-refractivity contribution in [3.05, 3.63) is 36.0 Å². The number of alkyl halides is 3. The average molecular weight is 448 g/mol. The van der Waals surface area contributed by atoms with Crippen molar-refractivity contribution in [3.8, 4) is 5.88 Å². The van der Waals surface area contributed by atoms with Gasteiger partial charge < -0.3 is 19.9 Å². The van der Waals surface area contributed by atoms with Crippen molar-refractivity contribution in [2.45, 2.75) is 36.1 Å². The zero-order valence-electron chi connectivity index (χ0n) is 15.5. The Kier molecular flexibility index (Phi) is 6.45. The van der Waals surface area contributed by atoms with Gasteiger partial charge in [-0.15, -0.1) is 0 Å². The molecule has 1 aromatic heterocycles. The number of rotatable bonds is 5. The van der Waals surface area contributed by atoms with Gasteiger partial charge in [0.2, 0.25) is 21.9 Å². The Morgan fingerprint density at radius 3 is 2.60 bits per heavy atom. The summed E-state index contributed by atoms with van der Waals surface area (Å²) in [6.07, 6.45) is -5.42. The highest BCUT2D eigenvalue weighted by molar-refractivity contribution is 7.89. The van der Waals surface area contributed by atoms with Crippen LogP contribution >= 0.6 is 0 Å². The van der Waals surface area contributed by atoms with Crippen molar-refractivity contribution in [1.29, 1.82) is 0 Å². The molecule has 3 rings (SSSR count). The minimum atomic E-state index is -4.77. The number of nitrogens with one attached hydrogen (secondary N) is 1. The molecule has 0 aliphatic carbocycles. The van der Waals surface area contributed by atoms with E-state index in [1.165, 1.54) is 24.3 Å². The van der Waals surface area contributed by atoms with E-state index in [-0.39, 0.29) is 17.5 Å². The Balaban J connectivity index is 1.86. The first kappa shape index (κ1) is 22.2. The molecule has 1 aliphatic rings. The van der Waals surface area contributed by atoms with Crippen molar-refractivity contribution in [1.82, 2.24) is 9.97 Å². The molecule has 2 aromatic rings. The van der Waals surface area contributed by atoms with Crippen LogP contribution in [0.2, 0.25) is 0 Å². The molecule has 1 fully saturated rings. The van der Waals surface area contributed by atoms with E-state index >= 15 is 0 Å². The van der Waals surface area contributed by atoms with Crippen LogP contribution in [0.3, 0.4) is 0 Å². The van der Waals surface area contributed by atoms with Crippen LogP contribution in [0.1, 0.15) is 18.4 Å². The summed E-state index contributed by atoms with van der Waals surface area (Å²) in [6, 6.07) is 5.16. The van der Waals surface area contributed by atoms with Crippen LogP contribution in [0.5, 0.6) is 5.88 Å². The maximum atomic E-state index is 13.4. The Morgan fingerprint density at radius 2 is 1.97 bits per heavy atom. The lowest BCUT2D eigenvalue weighted by atomic mass is 10.1. The summed E-state index contributed by atoms with van der Waals surface area (Å²) in [5.41, 5.74) is -0.869. The highest BCUT2D eigenvalue weighted by atomic mass is 32.2. The predicted molar refractivity (Wildman–Crippen MR) is 98.6 cm³/mol. The lowest BCUT2D eigenvalue weighted by molar-refractivity contribution is -0.140. The van der Waals surface area contributed by atoms with Gasteiger partial charge in [0.25, 0.3) is 0 Å². The maximum Gasteiger partial charge on any atom is 0.423 e. The van der Waals surface area contributed by atoms with Crippen molar-refractivity contribution in [2.75, 3.05) is 18.5 Å². The summed E-state index contributed by atoms with van der Waals surface area (Å²) in [7, 11) is -3.88. The van der Waals surface area contributed by atoms with Crippen LogP contribution in [0.15, 0.2) is 35.4 Å². The normalized spacial score (nSPS) is 20.4. The number of benzene rings is 1. The Bertz CT molecular complexity index is 986. The molecule has 2 heterocycles. The molecule has 1 saturated heterocycles. The quantitative estimate of drug-likeness (QED) is 0.630. The summed E-state index contributed by atoms with van der Waals surface area (Å²) in [5.74, 6) is -0.937. The number of ether oxygens (including phenoxy) is 2.